The van der Waals surface area contributed by atoms with E-state index in [2.05, 4.69) is 12.2 Å². The van der Waals surface area contributed by atoms with Gasteiger partial charge in [-0.15, -0.1) is 0 Å². The number of carbonyl (C=O) groups excluding carboxylic acids is 3. The topological polar surface area (TPSA) is 122 Å². The van der Waals surface area contributed by atoms with Crippen LogP contribution in [0.25, 0.3) is 0 Å². The minimum Gasteiger partial charge on any atom is -0.452 e. The second kappa shape index (κ2) is 10.4. The molecule has 0 aromatic heterocycles. The fraction of sp³-hybridized carbons (Fsp3) is 0.526. The van der Waals surface area contributed by atoms with Crippen molar-refractivity contribution in [2.45, 2.75) is 38.0 Å². The lowest BCUT2D eigenvalue weighted by molar-refractivity contribution is -0.123. The number of amides is 3. The molecule has 3 amide bonds. The van der Waals surface area contributed by atoms with Crippen molar-refractivity contribution >= 4 is 27.9 Å². The lowest BCUT2D eigenvalue weighted by Crippen LogP contribution is -2.41. The van der Waals surface area contributed by atoms with E-state index in [4.69, 9.17) is 4.74 Å². The predicted octanol–water partition coefficient (Wildman–Crippen LogP) is 1.50. The summed E-state index contributed by atoms with van der Waals surface area (Å²) in [5.74, 6) is -1.04. The predicted molar refractivity (Wildman–Crippen MR) is 106 cm³/mol. The molecule has 0 aliphatic carbocycles. The van der Waals surface area contributed by atoms with Crippen molar-refractivity contribution in [1.29, 1.82) is 0 Å². The molecule has 160 valence electrons. The molecule has 0 unspecified atom stereocenters. The molecule has 1 heterocycles. The first-order valence-electron chi connectivity index (χ1n) is 9.59. The van der Waals surface area contributed by atoms with Gasteiger partial charge in [0, 0.05) is 19.6 Å². The van der Waals surface area contributed by atoms with Gasteiger partial charge >= 0.3 is 12.0 Å². The summed E-state index contributed by atoms with van der Waals surface area (Å²) < 4.78 is 31.7. The van der Waals surface area contributed by atoms with Gasteiger partial charge in [0.05, 0.1) is 10.5 Å². The minimum absolute atomic E-state index is 0.106. The van der Waals surface area contributed by atoms with E-state index >= 15 is 0 Å². The maximum Gasteiger partial charge on any atom is 0.338 e. The van der Waals surface area contributed by atoms with Gasteiger partial charge in [0.15, 0.2) is 6.61 Å². The van der Waals surface area contributed by atoms with Crippen LogP contribution >= 0.6 is 0 Å². The van der Waals surface area contributed by atoms with Crippen LogP contribution in [0.2, 0.25) is 0 Å². The largest absolute Gasteiger partial charge is 0.452 e. The lowest BCUT2D eigenvalue weighted by atomic mass is 10.0. The fourth-order valence-corrected chi connectivity index (χ4v) is 4.27. The number of hydrogen-bond acceptors (Lipinski definition) is 6. The second-order valence-electron chi connectivity index (χ2n) is 6.99. The molecular weight excluding hydrogens is 398 g/mol. The third-order valence-electron chi connectivity index (χ3n) is 4.59. The Morgan fingerprint density at radius 1 is 1.14 bits per heavy atom. The summed E-state index contributed by atoms with van der Waals surface area (Å²) in [6.07, 6.45) is 2.36. The summed E-state index contributed by atoms with van der Waals surface area (Å²) in [5.41, 5.74) is 0.111. The maximum atomic E-state index is 12.7. The second-order valence-corrected chi connectivity index (χ2v) is 8.93. The zero-order valence-electron chi connectivity index (χ0n) is 16.6. The molecule has 0 radical (unpaired) electrons. The minimum atomic E-state index is -3.60. The first-order valence-corrected chi connectivity index (χ1v) is 11.0. The Morgan fingerprint density at radius 2 is 1.76 bits per heavy atom. The molecule has 1 aromatic carbocycles. The first kappa shape index (κ1) is 22.8. The molecule has 0 spiro atoms. The highest BCUT2D eigenvalue weighted by Crippen LogP contribution is 2.23. The van der Waals surface area contributed by atoms with E-state index in [-0.39, 0.29) is 10.5 Å². The van der Waals surface area contributed by atoms with Crippen LogP contribution in [0.4, 0.5) is 4.79 Å². The molecular formula is C19H27N3O6S. The van der Waals surface area contributed by atoms with Crippen LogP contribution in [0.3, 0.4) is 0 Å². The Labute approximate surface area is 170 Å². The average Bonchev–Trinajstić information content (AvgIpc) is 2.71. The summed E-state index contributed by atoms with van der Waals surface area (Å²) in [6, 6.07) is 4.72. The van der Waals surface area contributed by atoms with E-state index in [1.165, 1.54) is 28.6 Å². The highest BCUT2D eigenvalue weighted by molar-refractivity contribution is 7.89. The van der Waals surface area contributed by atoms with Crippen LogP contribution in [0.5, 0.6) is 0 Å². The van der Waals surface area contributed by atoms with Crippen LogP contribution in [-0.4, -0.2) is 56.9 Å². The Bertz CT molecular complexity index is 830. The van der Waals surface area contributed by atoms with Gasteiger partial charge in [0.1, 0.15) is 0 Å². The monoisotopic (exact) mass is 425 g/mol. The van der Waals surface area contributed by atoms with Gasteiger partial charge in [0.25, 0.3) is 5.91 Å². The van der Waals surface area contributed by atoms with Crippen molar-refractivity contribution in [1.82, 2.24) is 14.9 Å². The number of imide groups is 1. The highest BCUT2D eigenvalue weighted by atomic mass is 32.2. The lowest BCUT2D eigenvalue weighted by Gasteiger charge is -2.29. The molecule has 0 atom stereocenters. The molecule has 2 N–H and O–H groups in total. The number of piperidine rings is 1. The van der Waals surface area contributed by atoms with Crippen molar-refractivity contribution in [3.8, 4) is 0 Å². The summed E-state index contributed by atoms with van der Waals surface area (Å²) in [5, 5.41) is 4.50. The first-order chi connectivity index (χ1) is 13.7. The van der Waals surface area contributed by atoms with Gasteiger partial charge < -0.3 is 10.1 Å². The Morgan fingerprint density at radius 3 is 2.34 bits per heavy atom. The quantitative estimate of drug-likeness (QED) is 0.639. The number of carbonyl (C=O) groups is 3. The molecule has 1 aromatic rings. The van der Waals surface area contributed by atoms with E-state index in [1.54, 1.807) is 0 Å². The number of benzene rings is 1. The van der Waals surface area contributed by atoms with Gasteiger partial charge in [-0.05, 0) is 49.4 Å². The van der Waals surface area contributed by atoms with Crippen LogP contribution < -0.4 is 10.6 Å². The molecule has 1 aliphatic heterocycles. The maximum absolute atomic E-state index is 12.7. The molecule has 10 heteroatoms. The summed E-state index contributed by atoms with van der Waals surface area (Å²) in [7, 11) is -3.60. The van der Waals surface area contributed by atoms with E-state index < -0.39 is 34.5 Å². The van der Waals surface area contributed by atoms with E-state index in [0.717, 1.165) is 19.3 Å². The number of urea groups is 1. The zero-order chi connectivity index (χ0) is 21.4. The average molecular weight is 426 g/mol. The number of ether oxygens (including phenoxy) is 1. The van der Waals surface area contributed by atoms with Crippen molar-refractivity contribution < 1.29 is 27.5 Å². The molecule has 0 saturated carbocycles. The van der Waals surface area contributed by atoms with E-state index in [1.807, 2.05) is 12.2 Å². The zero-order valence-corrected chi connectivity index (χ0v) is 17.5. The molecule has 1 aliphatic rings. The summed E-state index contributed by atoms with van der Waals surface area (Å²) >= 11 is 0. The number of hydrogen-bond donors (Lipinski definition) is 2. The molecule has 1 fully saturated rings. The van der Waals surface area contributed by atoms with Gasteiger partial charge in [-0.1, -0.05) is 13.8 Å². The summed E-state index contributed by atoms with van der Waals surface area (Å²) in [6.45, 7) is 4.73. The Balaban J connectivity index is 1.90. The van der Waals surface area contributed by atoms with Crippen molar-refractivity contribution in [3.05, 3.63) is 29.8 Å². The van der Waals surface area contributed by atoms with Crippen LogP contribution in [-0.2, 0) is 19.6 Å². The van der Waals surface area contributed by atoms with Gasteiger partial charge in [-0.25, -0.2) is 18.0 Å². The SMILES string of the molecule is CCCNC(=O)NC(=O)COC(=O)c1ccc(S(=O)(=O)N2CCC(C)CC2)cc1. The number of sulfonamides is 1. The van der Waals surface area contributed by atoms with Crippen molar-refractivity contribution in [3.63, 3.8) is 0 Å². The third-order valence-corrected chi connectivity index (χ3v) is 6.51. The highest BCUT2D eigenvalue weighted by Gasteiger charge is 2.28. The molecule has 29 heavy (non-hydrogen) atoms. The number of nitrogens with zero attached hydrogens (tertiary/aromatic N) is 1. The van der Waals surface area contributed by atoms with Crippen molar-refractivity contribution in [2.24, 2.45) is 5.92 Å². The van der Waals surface area contributed by atoms with Crippen LogP contribution in [0.1, 0.15) is 43.5 Å². The number of rotatable bonds is 7. The summed E-state index contributed by atoms with van der Waals surface area (Å²) in [4.78, 5) is 35.1. The van der Waals surface area contributed by atoms with Gasteiger partial charge in [-0.3, -0.25) is 10.1 Å². The van der Waals surface area contributed by atoms with Crippen LogP contribution in [0, 0.1) is 5.92 Å². The van der Waals surface area contributed by atoms with E-state index in [0.29, 0.717) is 25.6 Å². The molecule has 0 bridgehead atoms. The number of nitrogens with one attached hydrogen (secondary N) is 2. The van der Waals surface area contributed by atoms with Crippen LogP contribution in [0.15, 0.2) is 29.2 Å². The fourth-order valence-electron chi connectivity index (χ4n) is 2.80. The van der Waals surface area contributed by atoms with E-state index in [9.17, 15) is 22.8 Å². The third kappa shape index (κ3) is 6.53. The van der Waals surface area contributed by atoms with Gasteiger partial charge in [0.2, 0.25) is 10.0 Å². The number of esters is 1. The van der Waals surface area contributed by atoms with Crippen molar-refractivity contribution in [2.75, 3.05) is 26.2 Å². The Kier molecular flexibility index (Phi) is 8.15. The smallest absolute Gasteiger partial charge is 0.338 e. The molecule has 1 saturated heterocycles. The van der Waals surface area contributed by atoms with Gasteiger partial charge in [-0.2, -0.15) is 4.31 Å². The molecule has 2 rings (SSSR count). The molecule has 9 nitrogen and oxygen atoms in total. The standard InChI is InChI=1S/C19H27N3O6S/c1-3-10-20-19(25)21-17(23)13-28-18(24)15-4-6-16(7-5-15)29(26,27)22-11-8-14(2)9-12-22/h4-7,14H,3,8-13H2,1-2H3,(H2,20,21,23,25). The Hall–Kier alpha value is -2.46. The normalized spacial score (nSPS) is 15.5.